The molecule has 0 aliphatic heterocycles. The van der Waals surface area contributed by atoms with Gasteiger partial charge in [-0.3, -0.25) is 4.79 Å². The molecule has 1 N–H and O–H groups in total. The number of hydrazone groups is 1. The number of hydrogen-bond acceptors (Lipinski definition) is 2. The SMILES string of the molecule is O=C(N/N=C\c1cn(Cc2ccccc2Cl)c2ccccc12)c1ccc(I)cc1. The molecule has 1 heterocycles. The molecule has 0 atom stereocenters. The van der Waals surface area contributed by atoms with E-state index < -0.39 is 0 Å². The average molecular weight is 514 g/mol. The van der Waals surface area contributed by atoms with E-state index in [0.29, 0.717) is 12.1 Å². The minimum atomic E-state index is -0.238. The normalized spacial score (nSPS) is 11.2. The number of carbonyl (C=O) groups excluding carboxylic acids is 1. The van der Waals surface area contributed by atoms with Crippen LogP contribution in [-0.4, -0.2) is 16.7 Å². The van der Waals surface area contributed by atoms with Gasteiger partial charge in [-0.2, -0.15) is 5.10 Å². The van der Waals surface area contributed by atoms with E-state index in [1.807, 2.05) is 60.8 Å². The molecule has 6 heteroatoms. The number of hydrogen-bond donors (Lipinski definition) is 1. The van der Waals surface area contributed by atoms with E-state index in [1.54, 1.807) is 18.3 Å². The molecule has 0 aliphatic carbocycles. The van der Waals surface area contributed by atoms with Crippen molar-refractivity contribution in [3.05, 3.63) is 104 Å². The molecule has 0 saturated carbocycles. The van der Waals surface area contributed by atoms with E-state index in [1.165, 1.54) is 0 Å². The molecular formula is C23H17ClIN3O. The van der Waals surface area contributed by atoms with Gasteiger partial charge in [-0.25, -0.2) is 5.43 Å². The third kappa shape index (κ3) is 4.52. The summed E-state index contributed by atoms with van der Waals surface area (Å²) in [5.74, 6) is -0.238. The van der Waals surface area contributed by atoms with Crippen molar-refractivity contribution in [2.24, 2.45) is 5.10 Å². The summed E-state index contributed by atoms with van der Waals surface area (Å²) in [5, 5.41) is 5.97. The molecular weight excluding hydrogens is 497 g/mol. The molecule has 0 fully saturated rings. The molecule has 29 heavy (non-hydrogen) atoms. The molecule has 144 valence electrons. The lowest BCUT2D eigenvalue weighted by Gasteiger charge is -2.07. The predicted octanol–water partition coefficient (Wildman–Crippen LogP) is 5.71. The van der Waals surface area contributed by atoms with Gasteiger partial charge in [-0.05, 0) is 64.6 Å². The van der Waals surface area contributed by atoms with E-state index >= 15 is 0 Å². The third-order valence-electron chi connectivity index (χ3n) is 4.59. The highest BCUT2D eigenvalue weighted by atomic mass is 127. The van der Waals surface area contributed by atoms with E-state index in [0.717, 1.165) is 30.6 Å². The van der Waals surface area contributed by atoms with Crippen molar-refractivity contribution in [1.82, 2.24) is 9.99 Å². The number of rotatable bonds is 5. The van der Waals surface area contributed by atoms with Crippen LogP contribution < -0.4 is 5.43 Å². The average Bonchev–Trinajstić information content (AvgIpc) is 3.08. The highest BCUT2D eigenvalue weighted by Gasteiger charge is 2.09. The topological polar surface area (TPSA) is 46.4 Å². The second kappa shape index (κ2) is 8.80. The van der Waals surface area contributed by atoms with E-state index in [2.05, 4.69) is 43.8 Å². The van der Waals surface area contributed by atoms with Crippen LogP contribution in [0, 0.1) is 3.57 Å². The Hall–Kier alpha value is -2.64. The van der Waals surface area contributed by atoms with Crippen LogP contribution in [0.2, 0.25) is 5.02 Å². The van der Waals surface area contributed by atoms with Crippen molar-refractivity contribution in [1.29, 1.82) is 0 Å². The van der Waals surface area contributed by atoms with Gasteiger partial charge in [0.15, 0.2) is 0 Å². The zero-order chi connectivity index (χ0) is 20.2. The molecule has 3 aromatic carbocycles. The smallest absolute Gasteiger partial charge is 0.271 e. The second-order valence-corrected chi connectivity index (χ2v) is 8.18. The fraction of sp³-hybridized carbons (Fsp3) is 0.0435. The Morgan fingerprint density at radius 1 is 1.03 bits per heavy atom. The lowest BCUT2D eigenvalue weighted by atomic mass is 10.2. The number of benzene rings is 3. The van der Waals surface area contributed by atoms with Gasteiger partial charge >= 0.3 is 0 Å². The lowest BCUT2D eigenvalue weighted by molar-refractivity contribution is 0.0955. The standard InChI is InChI=1S/C23H17ClIN3O/c24-21-7-3-1-5-17(21)14-28-15-18(20-6-2-4-8-22(20)28)13-26-27-23(29)16-9-11-19(25)12-10-16/h1-13,15H,14H2,(H,27,29)/b26-13-. The Morgan fingerprint density at radius 3 is 2.55 bits per heavy atom. The van der Waals surface area contributed by atoms with Crippen molar-refractivity contribution in [3.8, 4) is 0 Å². The molecule has 0 spiro atoms. The van der Waals surface area contributed by atoms with Crippen LogP contribution in [0.5, 0.6) is 0 Å². The van der Waals surface area contributed by atoms with Crippen LogP contribution >= 0.6 is 34.2 Å². The van der Waals surface area contributed by atoms with Crippen molar-refractivity contribution in [2.45, 2.75) is 6.54 Å². The first-order chi connectivity index (χ1) is 14.1. The fourth-order valence-corrected chi connectivity index (χ4v) is 3.70. The maximum Gasteiger partial charge on any atom is 0.271 e. The van der Waals surface area contributed by atoms with Crippen LogP contribution in [0.1, 0.15) is 21.5 Å². The zero-order valence-corrected chi connectivity index (χ0v) is 18.3. The number of amides is 1. The van der Waals surface area contributed by atoms with E-state index in [9.17, 15) is 4.79 Å². The first kappa shape index (κ1) is 19.7. The van der Waals surface area contributed by atoms with Gasteiger partial charge in [0.05, 0.1) is 6.21 Å². The predicted molar refractivity (Wildman–Crippen MR) is 127 cm³/mol. The maximum atomic E-state index is 12.2. The van der Waals surface area contributed by atoms with Gasteiger partial charge in [0.25, 0.3) is 5.91 Å². The minimum absolute atomic E-state index is 0.238. The number of nitrogens with zero attached hydrogens (tertiary/aromatic N) is 2. The highest BCUT2D eigenvalue weighted by molar-refractivity contribution is 14.1. The summed E-state index contributed by atoms with van der Waals surface area (Å²) in [4.78, 5) is 12.2. The van der Waals surface area contributed by atoms with Crippen LogP contribution in [0.3, 0.4) is 0 Å². The molecule has 1 amide bonds. The number of fused-ring (bicyclic) bond motifs is 1. The Bertz CT molecular complexity index is 1200. The third-order valence-corrected chi connectivity index (χ3v) is 5.68. The van der Waals surface area contributed by atoms with Gasteiger partial charge in [-0.1, -0.05) is 48.0 Å². The van der Waals surface area contributed by atoms with Crippen LogP contribution in [0.15, 0.2) is 84.1 Å². The summed E-state index contributed by atoms with van der Waals surface area (Å²) in [6.45, 7) is 0.656. The molecule has 0 bridgehead atoms. The highest BCUT2D eigenvalue weighted by Crippen LogP contribution is 2.23. The molecule has 0 unspecified atom stereocenters. The number of carbonyl (C=O) groups is 1. The van der Waals surface area contributed by atoms with Gasteiger partial charge < -0.3 is 4.57 Å². The van der Waals surface area contributed by atoms with Crippen LogP contribution in [-0.2, 0) is 6.54 Å². The number of para-hydroxylation sites is 1. The Balaban J connectivity index is 1.57. The number of halogens is 2. The fourth-order valence-electron chi connectivity index (χ4n) is 3.15. The summed E-state index contributed by atoms with van der Waals surface area (Å²) in [6.07, 6.45) is 3.70. The summed E-state index contributed by atoms with van der Waals surface area (Å²) >= 11 is 8.54. The molecule has 4 nitrogen and oxygen atoms in total. The summed E-state index contributed by atoms with van der Waals surface area (Å²) < 4.78 is 3.22. The van der Waals surface area contributed by atoms with Gasteiger partial charge in [0, 0.05) is 43.4 Å². The summed E-state index contributed by atoms with van der Waals surface area (Å²) in [5.41, 5.74) is 6.22. The quantitative estimate of drug-likeness (QED) is 0.207. The summed E-state index contributed by atoms with van der Waals surface area (Å²) in [6, 6.07) is 23.3. The Labute approximate surface area is 187 Å². The van der Waals surface area contributed by atoms with Crippen molar-refractivity contribution < 1.29 is 4.79 Å². The second-order valence-electron chi connectivity index (χ2n) is 6.53. The van der Waals surface area contributed by atoms with Crippen LogP contribution in [0.25, 0.3) is 10.9 Å². The number of aromatic nitrogens is 1. The molecule has 4 rings (SSSR count). The summed E-state index contributed by atoms with van der Waals surface area (Å²) in [7, 11) is 0. The van der Waals surface area contributed by atoms with Crippen LogP contribution in [0.4, 0.5) is 0 Å². The maximum absolute atomic E-state index is 12.2. The molecule has 0 radical (unpaired) electrons. The Morgan fingerprint density at radius 2 is 1.76 bits per heavy atom. The van der Waals surface area contributed by atoms with Gasteiger partial charge in [-0.15, -0.1) is 0 Å². The first-order valence-electron chi connectivity index (χ1n) is 9.02. The zero-order valence-electron chi connectivity index (χ0n) is 15.3. The van der Waals surface area contributed by atoms with Crippen molar-refractivity contribution in [3.63, 3.8) is 0 Å². The first-order valence-corrected chi connectivity index (χ1v) is 10.5. The Kier molecular flexibility index (Phi) is 5.97. The number of nitrogens with one attached hydrogen (secondary N) is 1. The molecule has 4 aromatic rings. The molecule has 0 aliphatic rings. The van der Waals surface area contributed by atoms with E-state index in [-0.39, 0.29) is 5.91 Å². The lowest BCUT2D eigenvalue weighted by Crippen LogP contribution is -2.17. The monoisotopic (exact) mass is 513 g/mol. The molecule has 0 saturated heterocycles. The van der Waals surface area contributed by atoms with Gasteiger partial charge in [0.1, 0.15) is 0 Å². The molecule has 1 aromatic heterocycles. The minimum Gasteiger partial charge on any atom is -0.342 e. The largest absolute Gasteiger partial charge is 0.342 e. The van der Waals surface area contributed by atoms with E-state index in [4.69, 9.17) is 11.6 Å². The van der Waals surface area contributed by atoms with Gasteiger partial charge in [0.2, 0.25) is 0 Å². The van der Waals surface area contributed by atoms with Crippen molar-refractivity contribution >= 4 is 57.2 Å². The van der Waals surface area contributed by atoms with Crippen molar-refractivity contribution in [2.75, 3.05) is 0 Å².